The topological polar surface area (TPSA) is 83.1 Å². The molecule has 0 aliphatic rings. The zero-order chi connectivity index (χ0) is 19.8. The Bertz CT molecular complexity index is 796. The number of aryl methyl sites for hydroxylation is 1. The second-order valence-electron chi connectivity index (χ2n) is 5.64. The third-order valence-corrected chi connectivity index (χ3v) is 3.71. The van der Waals surface area contributed by atoms with Crippen LogP contribution in [-0.4, -0.2) is 39.3 Å². The lowest BCUT2D eigenvalue weighted by molar-refractivity contribution is -0.118. The summed E-state index contributed by atoms with van der Waals surface area (Å²) in [5.41, 5.74) is 1.78. The fourth-order valence-electron chi connectivity index (χ4n) is 2.35. The van der Waals surface area contributed by atoms with Crippen molar-refractivity contribution in [2.75, 3.05) is 32.8 Å². The van der Waals surface area contributed by atoms with E-state index in [1.165, 1.54) is 14.2 Å². The smallest absolute Gasteiger partial charge is 0.338 e. The fourth-order valence-corrected chi connectivity index (χ4v) is 2.35. The van der Waals surface area contributed by atoms with Gasteiger partial charge in [0.05, 0.1) is 26.4 Å². The van der Waals surface area contributed by atoms with Gasteiger partial charge in [-0.15, -0.1) is 0 Å². The summed E-state index contributed by atoms with van der Waals surface area (Å²) in [6.07, 6.45) is 0. The minimum atomic E-state index is -0.395. The van der Waals surface area contributed by atoms with E-state index in [0.717, 1.165) is 5.56 Å². The molecule has 0 saturated heterocycles. The first kappa shape index (κ1) is 20.1. The predicted octanol–water partition coefficient (Wildman–Crippen LogP) is 3.21. The number of amides is 1. The van der Waals surface area contributed by atoms with Crippen LogP contribution in [0, 0.1) is 6.92 Å². The number of ether oxygens (including phenoxy) is 4. The van der Waals surface area contributed by atoms with E-state index in [1.54, 1.807) is 50.2 Å². The summed E-state index contributed by atoms with van der Waals surface area (Å²) in [6, 6.07) is 9.97. The van der Waals surface area contributed by atoms with Crippen LogP contribution in [-0.2, 0) is 9.53 Å². The molecule has 27 heavy (non-hydrogen) atoms. The molecule has 7 heteroatoms. The van der Waals surface area contributed by atoms with Crippen molar-refractivity contribution < 1.29 is 28.5 Å². The molecule has 2 aromatic carbocycles. The van der Waals surface area contributed by atoms with E-state index in [2.05, 4.69) is 5.32 Å². The molecule has 1 N–H and O–H groups in total. The van der Waals surface area contributed by atoms with Gasteiger partial charge in [0.2, 0.25) is 0 Å². The summed E-state index contributed by atoms with van der Waals surface area (Å²) in [4.78, 5) is 23.9. The average molecular weight is 373 g/mol. The molecule has 2 aromatic rings. The molecule has 0 atom stereocenters. The van der Waals surface area contributed by atoms with E-state index in [1.807, 2.05) is 0 Å². The van der Waals surface area contributed by atoms with Crippen LogP contribution in [0.3, 0.4) is 0 Å². The minimum Gasteiger partial charge on any atom is -0.496 e. The van der Waals surface area contributed by atoms with Crippen molar-refractivity contribution in [1.29, 1.82) is 0 Å². The van der Waals surface area contributed by atoms with Gasteiger partial charge >= 0.3 is 5.97 Å². The third kappa shape index (κ3) is 5.64. The minimum absolute atomic E-state index is 0.185. The number of esters is 1. The van der Waals surface area contributed by atoms with Crippen LogP contribution >= 0.6 is 0 Å². The first-order chi connectivity index (χ1) is 13.0. The van der Waals surface area contributed by atoms with Gasteiger partial charge in [-0.25, -0.2) is 4.79 Å². The molecule has 1 amide bonds. The molecule has 0 saturated carbocycles. The van der Waals surface area contributed by atoms with Crippen LogP contribution < -0.4 is 19.5 Å². The lowest BCUT2D eigenvalue weighted by Gasteiger charge is -2.12. The molecular formula is C20H23NO6. The predicted molar refractivity (Wildman–Crippen MR) is 101 cm³/mol. The standard InChI is InChI=1S/C20H23NO6/c1-5-26-20(23)14-6-7-18(13(2)8-14)21-19(22)12-27-17-10-15(24-3)9-16(11-17)25-4/h6-11H,5,12H2,1-4H3,(H,21,22). The number of hydrogen-bond acceptors (Lipinski definition) is 6. The van der Waals surface area contributed by atoms with Crippen molar-refractivity contribution in [3.8, 4) is 17.2 Å². The highest BCUT2D eigenvalue weighted by molar-refractivity contribution is 5.94. The number of rotatable bonds is 8. The highest BCUT2D eigenvalue weighted by Gasteiger charge is 2.11. The van der Waals surface area contributed by atoms with Crippen LogP contribution in [0.5, 0.6) is 17.2 Å². The van der Waals surface area contributed by atoms with Gasteiger partial charge in [0.15, 0.2) is 6.61 Å². The summed E-state index contributed by atoms with van der Waals surface area (Å²) in [5, 5.41) is 2.76. The van der Waals surface area contributed by atoms with E-state index in [0.29, 0.717) is 35.1 Å². The molecule has 0 bridgehead atoms. The highest BCUT2D eigenvalue weighted by Crippen LogP contribution is 2.27. The van der Waals surface area contributed by atoms with Crippen molar-refractivity contribution in [2.24, 2.45) is 0 Å². The maximum Gasteiger partial charge on any atom is 0.338 e. The number of hydrogen-bond donors (Lipinski definition) is 1. The summed E-state index contributed by atoms with van der Waals surface area (Å²) < 4.78 is 20.8. The van der Waals surface area contributed by atoms with Gasteiger partial charge < -0.3 is 24.3 Å². The maximum atomic E-state index is 12.2. The van der Waals surface area contributed by atoms with Crippen molar-refractivity contribution in [3.05, 3.63) is 47.5 Å². The Balaban J connectivity index is 1.99. The number of anilines is 1. The van der Waals surface area contributed by atoms with Crippen LogP contribution in [0.25, 0.3) is 0 Å². The van der Waals surface area contributed by atoms with Crippen LogP contribution in [0.2, 0.25) is 0 Å². The van der Waals surface area contributed by atoms with E-state index >= 15 is 0 Å². The molecular weight excluding hydrogens is 350 g/mol. The Morgan fingerprint density at radius 1 is 0.963 bits per heavy atom. The molecule has 2 rings (SSSR count). The second-order valence-corrected chi connectivity index (χ2v) is 5.64. The molecule has 0 aliphatic heterocycles. The normalized spacial score (nSPS) is 10.1. The van der Waals surface area contributed by atoms with Crippen molar-refractivity contribution in [1.82, 2.24) is 0 Å². The van der Waals surface area contributed by atoms with E-state index in [-0.39, 0.29) is 12.5 Å². The van der Waals surface area contributed by atoms with Gasteiger partial charge in [-0.05, 0) is 37.6 Å². The van der Waals surface area contributed by atoms with Crippen molar-refractivity contribution >= 4 is 17.6 Å². The number of methoxy groups -OCH3 is 2. The Morgan fingerprint density at radius 3 is 2.15 bits per heavy atom. The lowest BCUT2D eigenvalue weighted by atomic mass is 10.1. The SMILES string of the molecule is CCOC(=O)c1ccc(NC(=O)COc2cc(OC)cc(OC)c2)c(C)c1. The fraction of sp³-hybridized carbons (Fsp3) is 0.300. The van der Waals surface area contributed by atoms with E-state index in [4.69, 9.17) is 18.9 Å². The summed E-state index contributed by atoms with van der Waals surface area (Å²) >= 11 is 0. The van der Waals surface area contributed by atoms with Gasteiger partial charge in [0, 0.05) is 23.9 Å². The molecule has 144 valence electrons. The molecule has 0 aromatic heterocycles. The average Bonchev–Trinajstić information content (AvgIpc) is 2.67. The molecule has 0 spiro atoms. The van der Waals surface area contributed by atoms with Crippen LogP contribution in [0.4, 0.5) is 5.69 Å². The Hall–Kier alpha value is -3.22. The van der Waals surface area contributed by atoms with Crippen molar-refractivity contribution in [3.63, 3.8) is 0 Å². The Morgan fingerprint density at radius 2 is 1.59 bits per heavy atom. The summed E-state index contributed by atoms with van der Waals surface area (Å²) in [5.74, 6) is 0.860. The highest BCUT2D eigenvalue weighted by atomic mass is 16.5. The molecule has 0 aliphatic carbocycles. The largest absolute Gasteiger partial charge is 0.496 e. The number of carbonyl (C=O) groups excluding carboxylic acids is 2. The van der Waals surface area contributed by atoms with Crippen LogP contribution in [0.15, 0.2) is 36.4 Å². The number of benzene rings is 2. The van der Waals surface area contributed by atoms with Gasteiger partial charge in [-0.1, -0.05) is 0 Å². The van der Waals surface area contributed by atoms with Gasteiger partial charge in [-0.2, -0.15) is 0 Å². The van der Waals surface area contributed by atoms with Crippen molar-refractivity contribution in [2.45, 2.75) is 13.8 Å². The lowest BCUT2D eigenvalue weighted by Crippen LogP contribution is -2.20. The Labute approximate surface area is 158 Å². The quantitative estimate of drug-likeness (QED) is 0.716. The van der Waals surface area contributed by atoms with Crippen LogP contribution in [0.1, 0.15) is 22.8 Å². The molecule has 0 unspecified atom stereocenters. The number of carbonyl (C=O) groups is 2. The first-order valence-electron chi connectivity index (χ1n) is 8.40. The van der Waals surface area contributed by atoms with E-state index in [9.17, 15) is 9.59 Å². The van der Waals surface area contributed by atoms with Gasteiger partial charge in [-0.3, -0.25) is 4.79 Å². The molecule has 7 nitrogen and oxygen atoms in total. The van der Waals surface area contributed by atoms with Gasteiger partial charge in [0.25, 0.3) is 5.91 Å². The maximum absolute atomic E-state index is 12.2. The zero-order valence-electron chi connectivity index (χ0n) is 15.8. The molecule has 0 radical (unpaired) electrons. The number of nitrogens with one attached hydrogen (secondary N) is 1. The summed E-state index contributed by atoms with van der Waals surface area (Å²) in [6.45, 7) is 3.67. The van der Waals surface area contributed by atoms with Gasteiger partial charge in [0.1, 0.15) is 17.2 Å². The Kier molecular flexibility index (Phi) is 7.05. The second kappa shape index (κ2) is 9.47. The molecule has 0 fully saturated rings. The summed E-state index contributed by atoms with van der Waals surface area (Å²) in [7, 11) is 3.07. The first-order valence-corrected chi connectivity index (χ1v) is 8.40. The van der Waals surface area contributed by atoms with E-state index < -0.39 is 5.97 Å². The zero-order valence-corrected chi connectivity index (χ0v) is 15.8. The molecule has 0 heterocycles. The monoisotopic (exact) mass is 373 g/mol. The third-order valence-electron chi connectivity index (χ3n) is 3.71.